The minimum Gasteiger partial charge on any atom is -0.466 e. The zero-order chi connectivity index (χ0) is 10.6. The summed E-state index contributed by atoms with van der Waals surface area (Å²) in [5, 5.41) is 0. The molecule has 0 spiro atoms. The predicted octanol–water partition coefficient (Wildman–Crippen LogP) is 3.47. The molecule has 2 nitrogen and oxygen atoms in total. The van der Waals surface area contributed by atoms with Gasteiger partial charge < -0.3 is 4.74 Å². The smallest absolute Gasteiger partial charge is 0.305 e. The normalized spacial score (nSPS) is 10.7. The maximum atomic E-state index is 11.1. The van der Waals surface area contributed by atoms with E-state index in [9.17, 15) is 4.79 Å². The van der Waals surface area contributed by atoms with Crippen molar-refractivity contribution in [3.8, 4) is 0 Å². The summed E-state index contributed by atoms with van der Waals surface area (Å²) in [6.07, 6.45) is 9.86. The largest absolute Gasteiger partial charge is 0.466 e. The Bertz CT molecular complexity index is 162. The van der Waals surface area contributed by atoms with E-state index in [1.807, 2.05) is 0 Å². The van der Waals surface area contributed by atoms with Gasteiger partial charge in [-0.3, -0.25) is 4.79 Å². The number of carbonyl (C=O) groups is 1. The molecule has 0 fully saturated rings. The third-order valence-corrected chi connectivity index (χ3v) is 1.92. The fourth-order valence-electron chi connectivity index (χ4n) is 1.06. The van der Waals surface area contributed by atoms with Crippen molar-refractivity contribution in [3.63, 3.8) is 0 Å². The van der Waals surface area contributed by atoms with E-state index in [-0.39, 0.29) is 5.97 Å². The second-order valence-corrected chi connectivity index (χ2v) is 3.35. The van der Waals surface area contributed by atoms with E-state index in [4.69, 9.17) is 4.74 Å². The number of allylic oxidation sites excluding steroid dienone is 2. The molecule has 0 unspecified atom stereocenters. The van der Waals surface area contributed by atoms with Crippen LogP contribution in [0.1, 0.15) is 52.4 Å². The number of ether oxygens (including phenoxy) is 1. The standard InChI is InChI=1S/C12H22O2/c1-3-5-7-8-9-11-14-12(13)10-6-4-2/h5,7H,3-4,6,8-11H2,1-2H3/b7-5-. The highest BCUT2D eigenvalue weighted by Gasteiger charge is 1.99. The highest BCUT2D eigenvalue weighted by molar-refractivity contribution is 5.69. The van der Waals surface area contributed by atoms with Gasteiger partial charge in [0, 0.05) is 6.42 Å². The summed E-state index contributed by atoms with van der Waals surface area (Å²) in [5.41, 5.74) is 0. The quantitative estimate of drug-likeness (QED) is 0.339. The van der Waals surface area contributed by atoms with E-state index >= 15 is 0 Å². The highest BCUT2D eigenvalue weighted by Crippen LogP contribution is 1.99. The Morgan fingerprint density at radius 2 is 2.00 bits per heavy atom. The van der Waals surface area contributed by atoms with E-state index < -0.39 is 0 Å². The maximum Gasteiger partial charge on any atom is 0.305 e. The zero-order valence-corrected chi connectivity index (χ0v) is 9.42. The third-order valence-electron chi connectivity index (χ3n) is 1.92. The average molecular weight is 198 g/mol. The Balaban J connectivity index is 3.18. The number of rotatable bonds is 8. The van der Waals surface area contributed by atoms with Crippen molar-refractivity contribution in [2.75, 3.05) is 6.61 Å². The first-order valence-electron chi connectivity index (χ1n) is 5.61. The Hall–Kier alpha value is -0.790. The van der Waals surface area contributed by atoms with Crippen molar-refractivity contribution < 1.29 is 9.53 Å². The molecule has 0 saturated heterocycles. The van der Waals surface area contributed by atoms with E-state index in [0.717, 1.165) is 32.1 Å². The van der Waals surface area contributed by atoms with Crippen LogP contribution in [0.5, 0.6) is 0 Å². The first-order chi connectivity index (χ1) is 6.81. The molecule has 0 aliphatic rings. The fraction of sp³-hybridized carbons (Fsp3) is 0.750. The summed E-state index contributed by atoms with van der Waals surface area (Å²) in [4.78, 5) is 11.1. The lowest BCUT2D eigenvalue weighted by Gasteiger charge is -2.02. The van der Waals surface area contributed by atoms with Gasteiger partial charge in [0.25, 0.3) is 0 Å². The van der Waals surface area contributed by atoms with Gasteiger partial charge in [-0.05, 0) is 25.7 Å². The van der Waals surface area contributed by atoms with E-state index in [2.05, 4.69) is 26.0 Å². The van der Waals surface area contributed by atoms with Gasteiger partial charge in [-0.2, -0.15) is 0 Å². The molecule has 0 rings (SSSR count). The average Bonchev–Trinajstić information content (AvgIpc) is 2.20. The number of hydrogen-bond donors (Lipinski definition) is 0. The van der Waals surface area contributed by atoms with Crippen molar-refractivity contribution in [1.82, 2.24) is 0 Å². The molecule has 0 aromatic rings. The van der Waals surface area contributed by atoms with Crippen LogP contribution in [0.25, 0.3) is 0 Å². The first kappa shape index (κ1) is 13.2. The lowest BCUT2D eigenvalue weighted by Crippen LogP contribution is -2.05. The van der Waals surface area contributed by atoms with Crippen LogP contribution in [0.15, 0.2) is 12.2 Å². The maximum absolute atomic E-state index is 11.1. The summed E-state index contributed by atoms with van der Waals surface area (Å²) in [6, 6.07) is 0. The Kier molecular flexibility index (Phi) is 9.71. The van der Waals surface area contributed by atoms with Crippen molar-refractivity contribution in [2.45, 2.75) is 52.4 Å². The summed E-state index contributed by atoms with van der Waals surface area (Å²) < 4.78 is 5.05. The molecular weight excluding hydrogens is 176 g/mol. The predicted molar refractivity (Wildman–Crippen MR) is 59.1 cm³/mol. The van der Waals surface area contributed by atoms with Crippen LogP contribution >= 0.6 is 0 Å². The molecule has 0 bridgehead atoms. The van der Waals surface area contributed by atoms with Gasteiger partial charge in [0.1, 0.15) is 0 Å². The SMILES string of the molecule is CC/C=C\CCCOC(=O)CCCC. The molecule has 0 aliphatic carbocycles. The van der Waals surface area contributed by atoms with Gasteiger partial charge in [0.15, 0.2) is 0 Å². The lowest BCUT2D eigenvalue weighted by atomic mass is 10.2. The van der Waals surface area contributed by atoms with E-state index in [1.54, 1.807) is 0 Å². The molecule has 0 atom stereocenters. The van der Waals surface area contributed by atoms with Crippen LogP contribution < -0.4 is 0 Å². The fourth-order valence-corrected chi connectivity index (χ4v) is 1.06. The summed E-state index contributed by atoms with van der Waals surface area (Å²) in [5.74, 6) is -0.0497. The molecule has 0 radical (unpaired) electrons. The summed E-state index contributed by atoms with van der Waals surface area (Å²) in [7, 11) is 0. The minimum absolute atomic E-state index is 0.0497. The molecular formula is C12H22O2. The van der Waals surface area contributed by atoms with Crippen LogP contribution in [-0.4, -0.2) is 12.6 Å². The van der Waals surface area contributed by atoms with Gasteiger partial charge in [0.2, 0.25) is 0 Å². The molecule has 0 aromatic heterocycles. The third kappa shape index (κ3) is 9.30. The molecule has 0 N–H and O–H groups in total. The number of carbonyl (C=O) groups excluding carboxylic acids is 1. The second-order valence-electron chi connectivity index (χ2n) is 3.35. The molecule has 0 heterocycles. The number of hydrogen-bond acceptors (Lipinski definition) is 2. The van der Waals surface area contributed by atoms with Crippen molar-refractivity contribution >= 4 is 5.97 Å². The molecule has 0 aliphatic heterocycles. The molecule has 14 heavy (non-hydrogen) atoms. The Morgan fingerprint density at radius 3 is 2.64 bits per heavy atom. The zero-order valence-electron chi connectivity index (χ0n) is 9.42. The van der Waals surface area contributed by atoms with Crippen LogP contribution in [0.2, 0.25) is 0 Å². The van der Waals surface area contributed by atoms with Gasteiger partial charge in [-0.25, -0.2) is 0 Å². The molecule has 2 heteroatoms. The van der Waals surface area contributed by atoms with Crippen LogP contribution in [0.4, 0.5) is 0 Å². The molecule has 82 valence electrons. The van der Waals surface area contributed by atoms with Gasteiger partial charge in [-0.15, -0.1) is 0 Å². The Labute approximate surface area is 87.3 Å². The summed E-state index contributed by atoms with van der Waals surface area (Å²) >= 11 is 0. The number of esters is 1. The van der Waals surface area contributed by atoms with E-state index in [1.165, 1.54) is 0 Å². The van der Waals surface area contributed by atoms with Gasteiger partial charge in [0.05, 0.1) is 6.61 Å². The summed E-state index contributed by atoms with van der Waals surface area (Å²) in [6.45, 7) is 4.75. The highest BCUT2D eigenvalue weighted by atomic mass is 16.5. The monoisotopic (exact) mass is 198 g/mol. The van der Waals surface area contributed by atoms with Gasteiger partial charge in [-0.1, -0.05) is 32.4 Å². The number of unbranched alkanes of at least 4 members (excludes halogenated alkanes) is 2. The van der Waals surface area contributed by atoms with Crippen molar-refractivity contribution in [3.05, 3.63) is 12.2 Å². The Morgan fingerprint density at radius 1 is 1.21 bits per heavy atom. The van der Waals surface area contributed by atoms with Crippen LogP contribution in [0.3, 0.4) is 0 Å². The van der Waals surface area contributed by atoms with Gasteiger partial charge >= 0.3 is 5.97 Å². The molecule has 0 amide bonds. The second kappa shape index (κ2) is 10.3. The topological polar surface area (TPSA) is 26.3 Å². The minimum atomic E-state index is -0.0497. The molecule has 0 aromatic carbocycles. The lowest BCUT2D eigenvalue weighted by molar-refractivity contribution is -0.143. The van der Waals surface area contributed by atoms with Crippen LogP contribution in [-0.2, 0) is 9.53 Å². The van der Waals surface area contributed by atoms with Crippen molar-refractivity contribution in [1.29, 1.82) is 0 Å². The van der Waals surface area contributed by atoms with Crippen LogP contribution in [0, 0.1) is 0 Å². The molecule has 0 saturated carbocycles. The van der Waals surface area contributed by atoms with Crippen molar-refractivity contribution in [2.24, 2.45) is 0 Å². The van der Waals surface area contributed by atoms with E-state index in [0.29, 0.717) is 13.0 Å². The first-order valence-corrected chi connectivity index (χ1v) is 5.61.